The fourth-order valence-electron chi connectivity index (χ4n) is 4.32. The summed E-state index contributed by atoms with van der Waals surface area (Å²) in [6, 6.07) is 10.4. The van der Waals surface area contributed by atoms with Crippen molar-refractivity contribution >= 4 is 40.9 Å². The molecule has 3 heterocycles. The second-order valence-corrected chi connectivity index (χ2v) is 9.82. The standard InChI is InChI=1S/C26H27ClN8O2/c1-17-12-20(27)5-6-21(17)30-26(37)32-22-16-35(15-18-2-3-18)24(31-22)25(36)34-10-8-33(9-11-34)23-7-4-19(13-28)14-29-23/h4-7,12,14,16,18H,2-3,8-11,15H2,1H3,(H2,30,32,37). The van der Waals surface area contributed by atoms with Crippen LogP contribution in [0.1, 0.15) is 34.6 Å². The summed E-state index contributed by atoms with van der Waals surface area (Å²) in [7, 11) is 0. The lowest BCUT2D eigenvalue weighted by Crippen LogP contribution is -2.49. The maximum atomic E-state index is 13.4. The van der Waals surface area contributed by atoms with Crippen LogP contribution in [-0.4, -0.2) is 57.6 Å². The highest BCUT2D eigenvalue weighted by atomic mass is 35.5. The van der Waals surface area contributed by atoms with E-state index in [0.29, 0.717) is 66.6 Å². The number of pyridine rings is 1. The zero-order chi connectivity index (χ0) is 25.9. The number of carbonyl (C=O) groups excluding carboxylic acids is 2. The summed E-state index contributed by atoms with van der Waals surface area (Å²) in [6.45, 7) is 4.86. The molecule has 3 amide bonds. The maximum Gasteiger partial charge on any atom is 0.324 e. The molecule has 2 N–H and O–H groups in total. The number of carbonyl (C=O) groups is 2. The molecule has 0 bridgehead atoms. The van der Waals surface area contributed by atoms with Crippen molar-refractivity contribution < 1.29 is 9.59 Å². The molecule has 11 heteroatoms. The van der Waals surface area contributed by atoms with Crippen molar-refractivity contribution in [3.05, 3.63) is 64.7 Å². The van der Waals surface area contributed by atoms with E-state index < -0.39 is 6.03 Å². The molecule has 37 heavy (non-hydrogen) atoms. The molecular weight excluding hydrogens is 492 g/mol. The Hall–Kier alpha value is -4.10. The zero-order valence-electron chi connectivity index (χ0n) is 20.4. The summed E-state index contributed by atoms with van der Waals surface area (Å²) < 4.78 is 1.86. The van der Waals surface area contributed by atoms with E-state index >= 15 is 0 Å². The van der Waals surface area contributed by atoms with E-state index in [-0.39, 0.29) is 5.91 Å². The summed E-state index contributed by atoms with van der Waals surface area (Å²) in [5.74, 6) is 1.81. The third-order valence-electron chi connectivity index (χ3n) is 6.57. The van der Waals surface area contributed by atoms with E-state index in [2.05, 4.69) is 31.6 Å². The van der Waals surface area contributed by atoms with Crippen LogP contribution >= 0.6 is 11.6 Å². The number of amides is 3. The van der Waals surface area contributed by atoms with Crippen LogP contribution in [0.3, 0.4) is 0 Å². The number of aromatic nitrogens is 3. The number of imidazole rings is 1. The van der Waals surface area contributed by atoms with Crippen molar-refractivity contribution in [2.75, 3.05) is 41.7 Å². The number of aryl methyl sites for hydroxylation is 1. The van der Waals surface area contributed by atoms with Crippen LogP contribution in [0.25, 0.3) is 0 Å². The van der Waals surface area contributed by atoms with Gasteiger partial charge in [0.05, 0.1) is 5.56 Å². The monoisotopic (exact) mass is 518 g/mol. The van der Waals surface area contributed by atoms with Gasteiger partial charge >= 0.3 is 6.03 Å². The van der Waals surface area contributed by atoms with Gasteiger partial charge < -0.3 is 19.7 Å². The van der Waals surface area contributed by atoms with Crippen LogP contribution in [0.4, 0.5) is 22.1 Å². The number of hydrogen-bond donors (Lipinski definition) is 2. The van der Waals surface area contributed by atoms with Crippen LogP contribution < -0.4 is 15.5 Å². The summed E-state index contributed by atoms with van der Waals surface area (Å²) in [5.41, 5.74) is 2.00. The Morgan fingerprint density at radius 2 is 1.92 bits per heavy atom. The van der Waals surface area contributed by atoms with Gasteiger partial charge in [0.2, 0.25) is 5.82 Å². The Morgan fingerprint density at radius 1 is 1.14 bits per heavy atom. The smallest absolute Gasteiger partial charge is 0.324 e. The van der Waals surface area contributed by atoms with Crippen LogP contribution in [0.15, 0.2) is 42.7 Å². The molecule has 1 saturated heterocycles. The van der Waals surface area contributed by atoms with E-state index in [1.54, 1.807) is 41.6 Å². The summed E-state index contributed by atoms with van der Waals surface area (Å²) >= 11 is 6.00. The molecule has 2 aliphatic rings. The van der Waals surface area contributed by atoms with Crippen molar-refractivity contribution in [2.45, 2.75) is 26.3 Å². The highest BCUT2D eigenvalue weighted by Gasteiger charge is 2.29. The largest absolute Gasteiger partial charge is 0.353 e. The molecule has 5 rings (SSSR count). The molecule has 190 valence electrons. The highest BCUT2D eigenvalue weighted by molar-refractivity contribution is 6.30. The highest BCUT2D eigenvalue weighted by Crippen LogP contribution is 2.31. The van der Waals surface area contributed by atoms with Crippen LogP contribution in [0.2, 0.25) is 5.02 Å². The molecule has 1 aliphatic carbocycles. The number of benzene rings is 1. The van der Waals surface area contributed by atoms with Gasteiger partial charge in [-0.25, -0.2) is 14.8 Å². The molecule has 2 aromatic heterocycles. The molecule has 1 aliphatic heterocycles. The Kier molecular flexibility index (Phi) is 6.97. The number of nitriles is 1. The predicted molar refractivity (Wildman–Crippen MR) is 141 cm³/mol. The SMILES string of the molecule is Cc1cc(Cl)ccc1NC(=O)Nc1cn(CC2CC2)c(C(=O)N2CCN(c3ccc(C#N)cn3)CC2)n1. The summed E-state index contributed by atoms with van der Waals surface area (Å²) in [4.78, 5) is 38.8. The van der Waals surface area contributed by atoms with E-state index in [1.165, 1.54) is 0 Å². The fraction of sp³-hybridized carbons (Fsp3) is 0.346. The lowest BCUT2D eigenvalue weighted by Gasteiger charge is -2.35. The number of hydrogen-bond acceptors (Lipinski definition) is 6. The minimum atomic E-state index is -0.441. The van der Waals surface area contributed by atoms with E-state index in [4.69, 9.17) is 16.9 Å². The molecule has 10 nitrogen and oxygen atoms in total. The molecule has 3 aromatic rings. The molecule has 0 unspecified atom stereocenters. The molecule has 1 saturated carbocycles. The lowest BCUT2D eigenvalue weighted by molar-refractivity contribution is 0.0728. The van der Waals surface area contributed by atoms with Gasteiger partial charge in [-0.2, -0.15) is 5.26 Å². The first-order valence-corrected chi connectivity index (χ1v) is 12.6. The van der Waals surface area contributed by atoms with Crippen molar-refractivity contribution in [2.24, 2.45) is 5.92 Å². The van der Waals surface area contributed by atoms with Gasteiger partial charge in [-0.3, -0.25) is 10.1 Å². The predicted octanol–water partition coefficient (Wildman–Crippen LogP) is 4.13. The number of nitrogens with zero attached hydrogens (tertiary/aromatic N) is 6. The average molecular weight is 519 g/mol. The minimum absolute atomic E-state index is 0.157. The van der Waals surface area contributed by atoms with E-state index in [0.717, 1.165) is 24.2 Å². The fourth-order valence-corrected chi connectivity index (χ4v) is 4.55. The lowest BCUT2D eigenvalue weighted by atomic mass is 10.2. The number of halogens is 1. The van der Waals surface area contributed by atoms with Gasteiger partial charge in [0, 0.05) is 55.8 Å². The Bertz CT molecular complexity index is 1350. The Morgan fingerprint density at radius 3 is 2.57 bits per heavy atom. The first-order valence-electron chi connectivity index (χ1n) is 12.2. The van der Waals surface area contributed by atoms with E-state index in [1.807, 2.05) is 17.6 Å². The molecule has 1 aromatic carbocycles. The first-order chi connectivity index (χ1) is 17.9. The number of anilines is 3. The average Bonchev–Trinajstić information content (AvgIpc) is 3.64. The van der Waals surface area contributed by atoms with Crippen molar-refractivity contribution in [1.82, 2.24) is 19.4 Å². The van der Waals surface area contributed by atoms with Gasteiger partial charge in [-0.1, -0.05) is 11.6 Å². The first kappa shape index (κ1) is 24.6. The normalized spacial score (nSPS) is 15.3. The summed E-state index contributed by atoms with van der Waals surface area (Å²) in [5, 5.41) is 15.1. The quantitative estimate of drug-likeness (QED) is 0.506. The summed E-state index contributed by atoms with van der Waals surface area (Å²) in [6.07, 6.45) is 5.54. The van der Waals surface area contributed by atoms with Crippen LogP contribution in [-0.2, 0) is 6.54 Å². The number of piperazine rings is 1. The minimum Gasteiger partial charge on any atom is -0.353 e. The third-order valence-corrected chi connectivity index (χ3v) is 6.80. The van der Waals surface area contributed by atoms with Crippen molar-refractivity contribution in [3.63, 3.8) is 0 Å². The van der Waals surface area contributed by atoms with Crippen molar-refractivity contribution in [1.29, 1.82) is 5.26 Å². The third kappa shape index (κ3) is 5.84. The number of rotatable bonds is 6. The van der Waals surface area contributed by atoms with E-state index in [9.17, 15) is 9.59 Å². The topological polar surface area (TPSA) is 119 Å². The van der Waals surface area contributed by atoms with Crippen molar-refractivity contribution in [3.8, 4) is 6.07 Å². The number of nitrogens with one attached hydrogen (secondary N) is 2. The van der Waals surface area contributed by atoms with Gasteiger partial charge in [0.1, 0.15) is 11.9 Å². The van der Waals surface area contributed by atoms with Gasteiger partial charge in [0.25, 0.3) is 5.91 Å². The molecule has 2 fully saturated rings. The molecule has 0 atom stereocenters. The second kappa shape index (κ2) is 10.5. The Balaban J connectivity index is 1.25. The molecule has 0 spiro atoms. The van der Waals surface area contributed by atoms with Crippen LogP contribution in [0, 0.1) is 24.2 Å². The molecule has 0 radical (unpaired) electrons. The Labute approximate surface area is 219 Å². The number of urea groups is 1. The zero-order valence-corrected chi connectivity index (χ0v) is 21.2. The molecular formula is C26H27ClN8O2. The van der Waals surface area contributed by atoms with Gasteiger partial charge in [-0.15, -0.1) is 0 Å². The maximum absolute atomic E-state index is 13.4. The van der Waals surface area contributed by atoms with Gasteiger partial charge in [-0.05, 0) is 61.6 Å². The second-order valence-electron chi connectivity index (χ2n) is 9.38. The van der Waals surface area contributed by atoms with Crippen LogP contribution in [0.5, 0.6) is 0 Å². The van der Waals surface area contributed by atoms with Gasteiger partial charge in [0.15, 0.2) is 5.82 Å².